The molecular weight excluding hydrogens is 449 g/mol. The number of amides is 1. The summed E-state index contributed by atoms with van der Waals surface area (Å²) in [6.45, 7) is -0.219. The first-order chi connectivity index (χ1) is 15.9. The molecule has 4 aromatic rings. The smallest absolute Gasteiger partial charge is 0.244 e. The Bertz CT molecular complexity index is 1370. The largest absolute Gasteiger partial charge is 0.495 e. The Balaban J connectivity index is 1.69. The van der Waals surface area contributed by atoms with Crippen LogP contribution >= 0.6 is 11.6 Å². The normalized spacial score (nSPS) is 10.8. The van der Waals surface area contributed by atoms with Gasteiger partial charge in [-0.1, -0.05) is 35.9 Å². The lowest BCUT2D eigenvalue weighted by Crippen LogP contribution is -2.22. The summed E-state index contributed by atoms with van der Waals surface area (Å²) in [4.78, 5) is 30.5. The van der Waals surface area contributed by atoms with E-state index in [1.807, 2.05) is 0 Å². The maximum atomic E-state index is 13.7. The number of hydrogen-bond donors (Lipinski definition) is 1. The SMILES string of the molecule is COc1cc(OC)c(NC(=O)Cn2c(C(=O)c3cccc(F)c3)nc3ccccc32)cc1Cl. The Hall–Kier alpha value is -3.91. The Kier molecular flexibility index (Phi) is 6.28. The van der Waals surface area contributed by atoms with Crippen LogP contribution in [0.3, 0.4) is 0 Å². The van der Waals surface area contributed by atoms with E-state index >= 15 is 0 Å². The zero-order chi connectivity index (χ0) is 23.5. The molecule has 9 heteroatoms. The number of rotatable bonds is 7. The first-order valence-corrected chi connectivity index (χ1v) is 10.3. The summed E-state index contributed by atoms with van der Waals surface area (Å²) < 4.78 is 25.7. The van der Waals surface area contributed by atoms with Crippen molar-refractivity contribution in [1.29, 1.82) is 0 Å². The number of para-hydroxylation sites is 2. The van der Waals surface area contributed by atoms with Gasteiger partial charge in [-0.2, -0.15) is 0 Å². The van der Waals surface area contributed by atoms with Crippen molar-refractivity contribution in [3.8, 4) is 11.5 Å². The van der Waals surface area contributed by atoms with Crippen LogP contribution in [0.25, 0.3) is 11.0 Å². The van der Waals surface area contributed by atoms with Crippen molar-refractivity contribution in [1.82, 2.24) is 9.55 Å². The third-order valence-electron chi connectivity index (χ3n) is 4.99. The van der Waals surface area contributed by atoms with Gasteiger partial charge in [0.15, 0.2) is 5.82 Å². The lowest BCUT2D eigenvalue weighted by molar-refractivity contribution is -0.116. The molecule has 0 spiro atoms. The topological polar surface area (TPSA) is 82.5 Å². The maximum absolute atomic E-state index is 13.7. The number of halogens is 2. The van der Waals surface area contributed by atoms with Crippen LogP contribution in [0.1, 0.15) is 16.2 Å². The van der Waals surface area contributed by atoms with E-state index < -0.39 is 17.5 Å². The molecule has 168 valence electrons. The lowest BCUT2D eigenvalue weighted by Gasteiger charge is -2.14. The molecule has 7 nitrogen and oxygen atoms in total. The van der Waals surface area contributed by atoms with E-state index in [1.165, 1.54) is 43.1 Å². The van der Waals surface area contributed by atoms with Gasteiger partial charge in [-0.15, -0.1) is 0 Å². The van der Waals surface area contributed by atoms with Gasteiger partial charge in [0.2, 0.25) is 11.7 Å². The average Bonchev–Trinajstić information content (AvgIpc) is 3.17. The molecule has 3 aromatic carbocycles. The summed E-state index contributed by atoms with van der Waals surface area (Å²) in [7, 11) is 2.93. The fourth-order valence-corrected chi connectivity index (χ4v) is 3.70. The predicted octanol–water partition coefficient (Wildman–Crippen LogP) is 4.72. The van der Waals surface area contributed by atoms with Gasteiger partial charge in [0, 0.05) is 11.6 Å². The monoisotopic (exact) mass is 467 g/mol. The molecule has 1 heterocycles. The highest BCUT2D eigenvalue weighted by Crippen LogP contribution is 2.36. The minimum absolute atomic E-state index is 0.0247. The van der Waals surface area contributed by atoms with E-state index in [0.29, 0.717) is 33.2 Å². The average molecular weight is 468 g/mol. The number of nitrogens with one attached hydrogen (secondary N) is 1. The summed E-state index contributed by atoms with van der Waals surface area (Å²) in [5.74, 6) is -0.692. The van der Waals surface area contributed by atoms with E-state index in [1.54, 1.807) is 30.3 Å². The predicted molar refractivity (Wildman–Crippen MR) is 123 cm³/mol. The van der Waals surface area contributed by atoms with Crippen LogP contribution < -0.4 is 14.8 Å². The zero-order valence-electron chi connectivity index (χ0n) is 17.8. The number of carbonyl (C=O) groups is 2. The summed E-state index contributed by atoms with van der Waals surface area (Å²) in [6.07, 6.45) is 0. The Morgan fingerprint density at radius 2 is 1.79 bits per heavy atom. The molecule has 1 aromatic heterocycles. The number of anilines is 1. The Labute approximate surface area is 193 Å². The molecule has 0 aliphatic rings. The van der Waals surface area contributed by atoms with Gasteiger partial charge in [-0.3, -0.25) is 9.59 Å². The molecule has 4 rings (SSSR count). The Morgan fingerprint density at radius 3 is 2.52 bits per heavy atom. The molecule has 33 heavy (non-hydrogen) atoms. The number of hydrogen-bond acceptors (Lipinski definition) is 5. The standard InChI is InChI=1S/C24H19ClFN3O4/c1-32-20-12-21(33-2)18(11-16(20)25)27-22(30)13-29-19-9-4-3-8-17(19)28-24(29)23(31)14-6-5-7-15(26)10-14/h3-12H,13H2,1-2H3,(H,27,30). The quantitative estimate of drug-likeness (QED) is 0.398. The lowest BCUT2D eigenvalue weighted by atomic mass is 10.1. The first kappa shape index (κ1) is 22.3. The fourth-order valence-electron chi connectivity index (χ4n) is 3.46. The molecular formula is C24H19ClFN3O4. The van der Waals surface area contributed by atoms with Crippen LogP contribution in [0.15, 0.2) is 60.7 Å². The van der Waals surface area contributed by atoms with Crippen molar-refractivity contribution in [2.75, 3.05) is 19.5 Å². The molecule has 0 saturated carbocycles. The molecule has 0 unspecified atom stereocenters. The number of ether oxygens (including phenoxy) is 2. The molecule has 0 fully saturated rings. The highest BCUT2D eigenvalue weighted by atomic mass is 35.5. The van der Waals surface area contributed by atoms with Crippen LogP contribution in [0, 0.1) is 5.82 Å². The third kappa shape index (κ3) is 4.51. The number of nitrogens with zero attached hydrogens (tertiary/aromatic N) is 2. The zero-order valence-corrected chi connectivity index (χ0v) is 18.5. The molecule has 0 saturated heterocycles. The molecule has 0 bridgehead atoms. The van der Waals surface area contributed by atoms with Gasteiger partial charge in [0.05, 0.1) is 36.0 Å². The minimum atomic E-state index is -0.537. The second-order valence-electron chi connectivity index (χ2n) is 7.08. The number of methoxy groups -OCH3 is 2. The van der Waals surface area contributed by atoms with Gasteiger partial charge >= 0.3 is 0 Å². The fraction of sp³-hybridized carbons (Fsp3) is 0.125. The minimum Gasteiger partial charge on any atom is -0.495 e. The van der Waals surface area contributed by atoms with Crippen molar-refractivity contribution in [2.45, 2.75) is 6.54 Å². The molecule has 0 aliphatic heterocycles. The number of fused-ring (bicyclic) bond motifs is 1. The van der Waals surface area contributed by atoms with Gasteiger partial charge in [0.1, 0.15) is 23.9 Å². The van der Waals surface area contributed by atoms with E-state index in [0.717, 1.165) is 6.07 Å². The Morgan fingerprint density at radius 1 is 1.03 bits per heavy atom. The van der Waals surface area contributed by atoms with E-state index in [2.05, 4.69) is 10.3 Å². The van der Waals surface area contributed by atoms with E-state index in [9.17, 15) is 14.0 Å². The number of benzene rings is 3. The van der Waals surface area contributed by atoms with Crippen molar-refractivity contribution in [2.24, 2.45) is 0 Å². The third-order valence-corrected chi connectivity index (χ3v) is 5.29. The van der Waals surface area contributed by atoms with Crippen molar-refractivity contribution < 1.29 is 23.5 Å². The van der Waals surface area contributed by atoms with E-state index in [4.69, 9.17) is 21.1 Å². The molecule has 1 N–H and O–H groups in total. The van der Waals surface area contributed by atoms with Crippen molar-refractivity contribution >= 4 is 40.0 Å². The van der Waals surface area contributed by atoms with Crippen molar-refractivity contribution in [3.05, 3.63) is 82.9 Å². The summed E-state index contributed by atoms with van der Waals surface area (Å²) in [5, 5.41) is 3.04. The second kappa shape index (κ2) is 9.30. The molecule has 0 atom stereocenters. The summed E-state index contributed by atoms with van der Waals surface area (Å²) in [5.41, 5.74) is 1.61. The highest BCUT2D eigenvalue weighted by molar-refractivity contribution is 6.32. The number of carbonyl (C=O) groups excluding carboxylic acids is 2. The van der Waals surface area contributed by atoms with Gasteiger partial charge in [0.25, 0.3) is 0 Å². The summed E-state index contributed by atoms with van der Waals surface area (Å²) >= 11 is 6.19. The van der Waals surface area contributed by atoms with E-state index in [-0.39, 0.29) is 17.9 Å². The van der Waals surface area contributed by atoms with Gasteiger partial charge in [-0.05, 0) is 30.3 Å². The summed E-state index contributed by atoms with van der Waals surface area (Å²) in [6, 6.07) is 15.5. The number of aromatic nitrogens is 2. The van der Waals surface area contributed by atoms with Crippen LogP contribution in [0.5, 0.6) is 11.5 Å². The molecule has 0 radical (unpaired) electrons. The second-order valence-corrected chi connectivity index (χ2v) is 7.49. The van der Waals surface area contributed by atoms with Gasteiger partial charge in [-0.25, -0.2) is 9.37 Å². The van der Waals surface area contributed by atoms with Crippen LogP contribution in [-0.4, -0.2) is 35.5 Å². The van der Waals surface area contributed by atoms with Crippen LogP contribution in [-0.2, 0) is 11.3 Å². The molecule has 1 amide bonds. The molecule has 0 aliphatic carbocycles. The van der Waals surface area contributed by atoms with Crippen molar-refractivity contribution in [3.63, 3.8) is 0 Å². The number of imidazole rings is 1. The maximum Gasteiger partial charge on any atom is 0.244 e. The number of ketones is 1. The van der Waals surface area contributed by atoms with Crippen LogP contribution in [0.4, 0.5) is 10.1 Å². The highest BCUT2D eigenvalue weighted by Gasteiger charge is 2.22. The van der Waals surface area contributed by atoms with Crippen LogP contribution in [0.2, 0.25) is 5.02 Å². The first-order valence-electron chi connectivity index (χ1n) is 9.88. The van der Waals surface area contributed by atoms with Gasteiger partial charge < -0.3 is 19.4 Å².